The van der Waals surface area contributed by atoms with Crippen molar-refractivity contribution in [3.05, 3.63) is 89.0 Å². The summed E-state index contributed by atoms with van der Waals surface area (Å²) in [6.45, 7) is 6.93. The summed E-state index contributed by atoms with van der Waals surface area (Å²) in [6.07, 6.45) is 4.00. The van der Waals surface area contributed by atoms with E-state index in [1.54, 1.807) is 7.11 Å². The van der Waals surface area contributed by atoms with Gasteiger partial charge in [0.1, 0.15) is 23.9 Å². The topological polar surface area (TPSA) is 30.9 Å². The number of ether oxygens (including phenoxy) is 3. The van der Waals surface area contributed by atoms with Crippen molar-refractivity contribution in [2.45, 2.75) is 38.0 Å². The molecule has 2 heterocycles. The van der Waals surface area contributed by atoms with Crippen LogP contribution in [0.3, 0.4) is 0 Å². The monoisotopic (exact) mass is 457 g/mol. The fourth-order valence-electron chi connectivity index (χ4n) is 5.28. The number of methoxy groups -OCH3 is 1. The lowest BCUT2D eigenvalue weighted by Gasteiger charge is -2.35. The van der Waals surface area contributed by atoms with Gasteiger partial charge in [-0.1, -0.05) is 54.4 Å². The molecule has 3 aromatic carbocycles. The van der Waals surface area contributed by atoms with E-state index in [4.69, 9.17) is 14.2 Å². The molecule has 0 aromatic heterocycles. The Hall–Kier alpha value is -2.98. The van der Waals surface area contributed by atoms with Gasteiger partial charge in [0.05, 0.1) is 13.7 Å². The maximum Gasteiger partial charge on any atom is 0.126 e. The predicted molar refractivity (Wildman–Crippen MR) is 136 cm³/mol. The minimum absolute atomic E-state index is 0.208. The molecule has 2 aliphatic heterocycles. The van der Waals surface area contributed by atoms with E-state index in [1.807, 2.05) is 12.1 Å². The zero-order valence-electron chi connectivity index (χ0n) is 20.3. The lowest BCUT2D eigenvalue weighted by atomic mass is 9.76. The van der Waals surface area contributed by atoms with Gasteiger partial charge in [0.15, 0.2) is 0 Å². The number of hydrogen-bond acceptors (Lipinski definition) is 4. The molecule has 5 rings (SSSR count). The molecule has 0 aliphatic carbocycles. The average molecular weight is 458 g/mol. The van der Waals surface area contributed by atoms with Crippen molar-refractivity contribution >= 4 is 0 Å². The SMILES string of the molecule is COc1ccc2c(c1)OCC(c1ccc(C)cc1)C2c1ccc(OCCN2CCCCC2)cc1. The first-order chi connectivity index (χ1) is 16.7. The minimum Gasteiger partial charge on any atom is -0.497 e. The summed E-state index contributed by atoms with van der Waals surface area (Å²) in [7, 11) is 1.70. The van der Waals surface area contributed by atoms with Crippen molar-refractivity contribution < 1.29 is 14.2 Å². The van der Waals surface area contributed by atoms with Crippen molar-refractivity contribution in [3.63, 3.8) is 0 Å². The zero-order valence-corrected chi connectivity index (χ0v) is 20.3. The van der Waals surface area contributed by atoms with Crippen LogP contribution in [-0.4, -0.2) is 44.9 Å². The van der Waals surface area contributed by atoms with Crippen LogP contribution in [-0.2, 0) is 0 Å². The number of hydrogen-bond donors (Lipinski definition) is 0. The molecule has 34 heavy (non-hydrogen) atoms. The molecule has 1 saturated heterocycles. The van der Waals surface area contributed by atoms with Gasteiger partial charge < -0.3 is 14.2 Å². The molecule has 1 fully saturated rings. The highest BCUT2D eigenvalue weighted by Gasteiger charge is 2.33. The van der Waals surface area contributed by atoms with Gasteiger partial charge in [-0.25, -0.2) is 0 Å². The molecule has 4 heteroatoms. The molecule has 2 unspecified atom stereocenters. The number of aryl methyl sites for hydroxylation is 1. The molecule has 2 atom stereocenters. The van der Waals surface area contributed by atoms with Crippen LogP contribution in [0.15, 0.2) is 66.7 Å². The van der Waals surface area contributed by atoms with Gasteiger partial charge in [-0.15, -0.1) is 0 Å². The second-order valence-electron chi connectivity index (χ2n) is 9.53. The summed E-state index contributed by atoms with van der Waals surface area (Å²) in [4.78, 5) is 2.51. The molecule has 178 valence electrons. The average Bonchev–Trinajstić information content (AvgIpc) is 2.89. The lowest BCUT2D eigenvalue weighted by Crippen LogP contribution is -2.33. The molecule has 0 bridgehead atoms. The summed E-state index contributed by atoms with van der Waals surface area (Å²) in [5.74, 6) is 3.13. The molecular formula is C30H35NO3. The number of fused-ring (bicyclic) bond motifs is 1. The summed E-state index contributed by atoms with van der Waals surface area (Å²) in [6, 6.07) is 23.7. The molecule has 0 saturated carbocycles. The van der Waals surface area contributed by atoms with Gasteiger partial charge in [0.25, 0.3) is 0 Å². The Morgan fingerprint density at radius 1 is 0.853 bits per heavy atom. The van der Waals surface area contributed by atoms with E-state index in [9.17, 15) is 0 Å². The first kappa shape index (κ1) is 22.8. The van der Waals surface area contributed by atoms with Gasteiger partial charge in [-0.3, -0.25) is 4.90 Å². The van der Waals surface area contributed by atoms with E-state index in [2.05, 4.69) is 66.4 Å². The van der Waals surface area contributed by atoms with Gasteiger partial charge in [0.2, 0.25) is 0 Å². The smallest absolute Gasteiger partial charge is 0.126 e. The molecule has 0 spiro atoms. The highest BCUT2D eigenvalue weighted by atomic mass is 16.5. The van der Waals surface area contributed by atoms with Gasteiger partial charge in [-0.2, -0.15) is 0 Å². The first-order valence-electron chi connectivity index (χ1n) is 12.5. The van der Waals surface area contributed by atoms with Crippen LogP contribution in [0.5, 0.6) is 17.2 Å². The lowest BCUT2D eigenvalue weighted by molar-refractivity contribution is 0.183. The van der Waals surface area contributed by atoms with Crippen LogP contribution in [0, 0.1) is 6.92 Å². The van der Waals surface area contributed by atoms with Crippen LogP contribution in [0.4, 0.5) is 0 Å². The number of likely N-dealkylation sites (tertiary alicyclic amines) is 1. The Balaban J connectivity index is 1.37. The van der Waals surface area contributed by atoms with E-state index in [0.717, 1.165) is 30.4 Å². The van der Waals surface area contributed by atoms with E-state index >= 15 is 0 Å². The number of nitrogens with zero attached hydrogens (tertiary/aromatic N) is 1. The van der Waals surface area contributed by atoms with Crippen molar-refractivity contribution in [1.82, 2.24) is 4.90 Å². The normalized spacial score (nSPS) is 20.3. The Morgan fingerprint density at radius 3 is 2.29 bits per heavy atom. The Morgan fingerprint density at radius 2 is 1.56 bits per heavy atom. The molecule has 4 nitrogen and oxygen atoms in total. The summed E-state index contributed by atoms with van der Waals surface area (Å²) < 4.78 is 17.8. The van der Waals surface area contributed by atoms with Crippen molar-refractivity contribution in [3.8, 4) is 17.2 Å². The summed E-state index contributed by atoms with van der Waals surface area (Å²) >= 11 is 0. The van der Waals surface area contributed by atoms with Crippen molar-refractivity contribution in [2.24, 2.45) is 0 Å². The Bertz CT molecular complexity index is 1070. The van der Waals surface area contributed by atoms with Crippen LogP contribution < -0.4 is 14.2 Å². The number of rotatable bonds is 7. The van der Waals surface area contributed by atoms with Crippen LogP contribution in [0.25, 0.3) is 0 Å². The van der Waals surface area contributed by atoms with Crippen molar-refractivity contribution in [1.29, 1.82) is 0 Å². The molecule has 0 radical (unpaired) electrons. The van der Waals surface area contributed by atoms with E-state index in [-0.39, 0.29) is 11.8 Å². The third-order valence-corrected chi connectivity index (χ3v) is 7.25. The van der Waals surface area contributed by atoms with Gasteiger partial charge in [0, 0.05) is 30.0 Å². The molecule has 2 aliphatic rings. The predicted octanol–water partition coefficient (Wildman–Crippen LogP) is 6.18. The van der Waals surface area contributed by atoms with E-state index in [0.29, 0.717) is 6.61 Å². The molecule has 3 aromatic rings. The standard InChI is InChI=1S/C30H35NO3/c1-22-6-8-23(9-7-22)28-21-34-29-20-26(32-2)14-15-27(29)30(28)24-10-12-25(13-11-24)33-19-18-31-16-4-3-5-17-31/h6-15,20,28,30H,3-5,16-19,21H2,1-2H3. The van der Waals surface area contributed by atoms with Crippen LogP contribution >= 0.6 is 0 Å². The number of benzene rings is 3. The minimum atomic E-state index is 0.208. The number of piperidine rings is 1. The molecule has 0 amide bonds. The molecule has 0 N–H and O–H groups in total. The summed E-state index contributed by atoms with van der Waals surface area (Å²) in [5.41, 5.74) is 5.06. The second kappa shape index (κ2) is 10.5. The van der Waals surface area contributed by atoms with E-state index < -0.39 is 0 Å². The van der Waals surface area contributed by atoms with Gasteiger partial charge >= 0.3 is 0 Å². The fraction of sp³-hybridized carbons (Fsp3) is 0.400. The summed E-state index contributed by atoms with van der Waals surface area (Å²) in [5, 5.41) is 0. The molecular weight excluding hydrogens is 422 g/mol. The van der Waals surface area contributed by atoms with Crippen LogP contribution in [0.1, 0.15) is 53.4 Å². The third-order valence-electron chi connectivity index (χ3n) is 7.25. The maximum atomic E-state index is 6.24. The third kappa shape index (κ3) is 5.07. The first-order valence-corrected chi connectivity index (χ1v) is 12.5. The highest BCUT2D eigenvalue weighted by molar-refractivity contribution is 5.51. The quantitative estimate of drug-likeness (QED) is 0.424. The zero-order chi connectivity index (χ0) is 23.3. The second-order valence-corrected chi connectivity index (χ2v) is 9.53. The largest absolute Gasteiger partial charge is 0.497 e. The van der Waals surface area contributed by atoms with Gasteiger partial charge in [-0.05, 0) is 62.2 Å². The maximum absolute atomic E-state index is 6.24. The van der Waals surface area contributed by atoms with Crippen LogP contribution in [0.2, 0.25) is 0 Å². The Kier molecular flexibility index (Phi) is 7.05. The highest BCUT2D eigenvalue weighted by Crippen LogP contribution is 2.47. The van der Waals surface area contributed by atoms with Crippen molar-refractivity contribution in [2.75, 3.05) is 40.0 Å². The van der Waals surface area contributed by atoms with E-state index in [1.165, 1.54) is 54.6 Å². The fourth-order valence-corrected chi connectivity index (χ4v) is 5.28. The Labute approximate surface area is 203 Å².